The average molecular weight is 419 g/mol. The summed E-state index contributed by atoms with van der Waals surface area (Å²) in [5.41, 5.74) is 7.81. The van der Waals surface area contributed by atoms with Gasteiger partial charge in [0.2, 0.25) is 11.8 Å². The molecule has 31 heavy (non-hydrogen) atoms. The van der Waals surface area contributed by atoms with E-state index in [1.165, 1.54) is 0 Å². The minimum atomic E-state index is -0.722. The number of nitriles is 2. The number of rotatable bonds is 5. The van der Waals surface area contributed by atoms with Crippen LogP contribution in [0.15, 0.2) is 24.3 Å². The van der Waals surface area contributed by atoms with E-state index >= 15 is 0 Å². The van der Waals surface area contributed by atoms with E-state index in [1.54, 1.807) is 11.0 Å². The number of piperazine rings is 1. The van der Waals surface area contributed by atoms with Crippen LogP contribution in [-0.4, -0.2) is 69.8 Å². The van der Waals surface area contributed by atoms with Crippen molar-refractivity contribution < 1.29 is 9.59 Å². The van der Waals surface area contributed by atoms with E-state index in [2.05, 4.69) is 12.1 Å². The van der Waals surface area contributed by atoms with E-state index in [0.29, 0.717) is 24.6 Å². The summed E-state index contributed by atoms with van der Waals surface area (Å²) in [6.07, 6.45) is 2.47. The molecule has 2 N–H and O–H groups in total. The molecule has 0 aromatic heterocycles. The van der Waals surface area contributed by atoms with Crippen LogP contribution < -0.4 is 5.73 Å². The Kier molecular flexibility index (Phi) is 4.73. The standard InChI is InChI=1S/C23H26N6O2/c1-13(15-4-2-3-14(5-15)9-24)28-18-8-21(23(28)31)27(11-18)12-19(26)22(30)29-17(10-25)6-16-7-20(16)29/h2-5,13,16-21H,6-8,11-12,26H2,1H3/t13-,16+,17-,18-,19-,20?,21-/m0/s1. The Morgan fingerprint density at radius 2 is 2.10 bits per heavy atom. The van der Waals surface area contributed by atoms with E-state index in [4.69, 9.17) is 11.0 Å². The average Bonchev–Trinajstić information content (AvgIpc) is 3.11. The van der Waals surface area contributed by atoms with Gasteiger partial charge in [-0.15, -0.1) is 0 Å². The van der Waals surface area contributed by atoms with Crippen LogP contribution >= 0.6 is 0 Å². The Labute approximate surface area is 181 Å². The molecular formula is C23H26N6O2. The molecule has 8 nitrogen and oxygen atoms in total. The fraction of sp³-hybridized carbons (Fsp3) is 0.565. The molecule has 160 valence electrons. The number of nitrogens with two attached hydrogens (primary N) is 1. The number of likely N-dealkylation sites (tertiary alicyclic amines) is 3. The highest BCUT2D eigenvalue weighted by Gasteiger charge is 2.56. The second kappa shape index (κ2) is 7.33. The second-order valence-corrected chi connectivity index (χ2v) is 9.31. The maximum absolute atomic E-state index is 13.2. The summed E-state index contributed by atoms with van der Waals surface area (Å²) in [6, 6.07) is 10.6. The van der Waals surface area contributed by atoms with Gasteiger partial charge >= 0.3 is 0 Å². The third-order valence-corrected chi connectivity index (χ3v) is 7.49. The van der Waals surface area contributed by atoms with Gasteiger partial charge in [0.1, 0.15) is 6.04 Å². The number of hydrogen-bond acceptors (Lipinski definition) is 6. The van der Waals surface area contributed by atoms with E-state index in [9.17, 15) is 14.9 Å². The largest absolute Gasteiger partial charge is 0.330 e. The Balaban J connectivity index is 1.24. The highest BCUT2D eigenvalue weighted by atomic mass is 16.2. The van der Waals surface area contributed by atoms with E-state index in [1.807, 2.05) is 34.9 Å². The SMILES string of the molecule is C[C@@H](c1cccc(C#N)c1)N1C(=O)[C@@H]2C[C@H]1CN2C[C@H](N)C(=O)N1C2C[C@H]2C[C@H]1C#N. The first kappa shape index (κ1) is 20.0. The number of hydrogen-bond donors (Lipinski definition) is 1. The summed E-state index contributed by atoms with van der Waals surface area (Å²) in [7, 11) is 0. The van der Waals surface area contributed by atoms with E-state index in [-0.39, 0.29) is 42.0 Å². The monoisotopic (exact) mass is 418 g/mol. The molecule has 5 rings (SSSR count). The van der Waals surface area contributed by atoms with Gasteiger partial charge in [-0.2, -0.15) is 10.5 Å². The summed E-state index contributed by atoms with van der Waals surface area (Å²) in [6.45, 7) is 3.02. The molecule has 4 fully saturated rings. The lowest BCUT2D eigenvalue weighted by atomic mass is 10.0. The quantitative estimate of drug-likeness (QED) is 0.754. The van der Waals surface area contributed by atoms with Crippen molar-refractivity contribution in [2.45, 2.75) is 62.4 Å². The van der Waals surface area contributed by atoms with E-state index in [0.717, 1.165) is 24.8 Å². The molecule has 4 aliphatic rings. The van der Waals surface area contributed by atoms with Crippen LogP contribution in [0.1, 0.15) is 43.4 Å². The van der Waals surface area contributed by atoms with Crippen molar-refractivity contribution in [2.75, 3.05) is 13.1 Å². The van der Waals surface area contributed by atoms with Crippen molar-refractivity contribution in [1.29, 1.82) is 10.5 Å². The third kappa shape index (κ3) is 3.18. The molecule has 3 aliphatic heterocycles. The number of nitrogens with zero attached hydrogens (tertiary/aromatic N) is 5. The van der Waals surface area contributed by atoms with Crippen LogP contribution in [-0.2, 0) is 9.59 Å². The number of fused-ring (bicyclic) bond motifs is 3. The summed E-state index contributed by atoms with van der Waals surface area (Å²) in [5, 5.41) is 18.5. The Morgan fingerprint density at radius 3 is 2.81 bits per heavy atom. The van der Waals surface area contributed by atoms with Gasteiger partial charge < -0.3 is 15.5 Å². The number of piperidine rings is 1. The molecule has 1 saturated carbocycles. The maximum atomic E-state index is 13.2. The zero-order chi connectivity index (χ0) is 21.9. The molecule has 1 aromatic carbocycles. The molecule has 1 aromatic rings. The third-order valence-electron chi connectivity index (χ3n) is 7.49. The van der Waals surface area contributed by atoms with Gasteiger partial charge in [0, 0.05) is 25.2 Å². The van der Waals surface area contributed by atoms with Crippen molar-refractivity contribution in [3.8, 4) is 12.1 Å². The van der Waals surface area contributed by atoms with Crippen molar-refractivity contribution in [3.63, 3.8) is 0 Å². The van der Waals surface area contributed by atoms with Crippen LogP contribution in [0.3, 0.4) is 0 Å². The van der Waals surface area contributed by atoms with Crippen molar-refractivity contribution in [3.05, 3.63) is 35.4 Å². The topological polar surface area (TPSA) is 117 Å². The molecule has 1 unspecified atom stereocenters. The predicted octanol–water partition coefficient (Wildman–Crippen LogP) is 0.745. The predicted molar refractivity (Wildman–Crippen MR) is 111 cm³/mol. The second-order valence-electron chi connectivity index (χ2n) is 9.31. The molecule has 7 atom stereocenters. The van der Waals surface area contributed by atoms with Crippen molar-refractivity contribution in [2.24, 2.45) is 11.7 Å². The van der Waals surface area contributed by atoms with Crippen LogP contribution in [0, 0.1) is 28.6 Å². The van der Waals surface area contributed by atoms with Gasteiger partial charge in [-0.25, -0.2) is 0 Å². The first-order valence-corrected chi connectivity index (χ1v) is 11.0. The summed E-state index contributed by atoms with van der Waals surface area (Å²) in [4.78, 5) is 31.8. The number of carbonyl (C=O) groups is 2. The van der Waals surface area contributed by atoms with Gasteiger partial charge in [0.25, 0.3) is 0 Å². The lowest BCUT2D eigenvalue weighted by Crippen LogP contribution is -2.57. The Morgan fingerprint density at radius 1 is 1.29 bits per heavy atom. The molecule has 1 aliphatic carbocycles. The molecule has 0 radical (unpaired) electrons. The van der Waals surface area contributed by atoms with Gasteiger partial charge in [0.05, 0.1) is 35.8 Å². The molecule has 8 heteroatoms. The first-order valence-electron chi connectivity index (χ1n) is 11.0. The summed E-state index contributed by atoms with van der Waals surface area (Å²) >= 11 is 0. The molecule has 0 spiro atoms. The zero-order valence-electron chi connectivity index (χ0n) is 17.5. The molecule has 3 saturated heterocycles. The lowest BCUT2D eigenvalue weighted by molar-refractivity contribution is -0.141. The number of carbonyl (C=O) groups excluding carboxylic acids is 2. The molecule has 2 bridgehead atoms. The minimum Gasteiger partial charge on any atom is -0.330 e. The van der Waals surface area contributed by atoms with Gasteiger partial charge in [-0.05, 0) is 49.8 Å². The molecular weight excluding hydrogens is 392 g/mol. The zero-order valence-corrected chi connectivity index (χ0v) is 17.5. The Hall–Kier alpha value is -2.94. The minimum absolute atomic E-state index is 0.0593. The fourth-order valence-electron chi connectivity index (χ4n) is 5.84. The number of amides is 2. The van der Waals surface area contributed by atoms with Gasteiger partial charge in [0.15, 0.2) is 0 Å². The number of benzene rings is 1. The van der Waals surface area contributed by atoms with Gasteiger partial charge in [-0.1, -0.05) is 12.1 Å². The van der Waals surface area contributed by atoms with Crippen molar-refractivity contribution in [1.82, 2.24) is 14.7 Å². The highest BCUT2D eigenvalue weighted by Crippen LogP contribution is 2.48. The summed E-state index contributed by atoms with van der Waals surface area (Å²) < 4.78 is 0. The molecule has 3 heterocycles. The van der Waals surface area contributed by atoms with Gasteiger partial charge in [-0.3, -0.25) is 14.5 Å². The summed E-state index contributed by atoms with van der Waals surface area (Å²) in [5.74, 6) is 0.356. The van der Waals surface area contributed by atoms with Crippen LogP contribution in [0.5, 0.6) is 0 Å². The first-order chi connectivity index (χ1) is 14.9. The van der Waals surface area contributed by atoms with Crippen molar-refractivity contribution >= 4 is 11.8 Å². The molecule has 2 amide bonds. The van der Waals surface area contributed by atoms with Crippen LogP contribution in [0.25, 0.3) is 0 Å². The smallest absolute Gasteiger partial charge is 0.242 e. The van der Waals surface area contributed by atoms with Crippen LogP contribution in [0.4, 0.5) is 0 Å². The highest BCUT2D eigenvalue weighted by molar-refractivity contribution is 5.87. The lowest BCUT2D eigenvalue weighted by Gasteiger charge is -2.38. The van der Waals surface area contributed by atoms with E-state index < -0.39 is 6.04 Å². The fourth-order valence-corrected chi connectivity index (χ4v) is 5.84. The normalized spacial score (nSPS) is 33.0. The maximum Gasteiger partial charge on any atom is 0.242 e. The Bertz CT molecular complexity index is 1010. The van der Waals surface area contributed by atoms with Crippen LogP contribution in [0.2, 0.25) is 0 Å².